The number of hydrogen-bond donors (Lipinski definition) is 1. The van der Waals surface area contributed by atoms with Gasteiger partial charge in [-0.05, 0) is 55.5 Å². The molecular weight excluding hydrogens is 332 g/mol. The summed E-state index contributed by atoms with van der Waals surface area (Å²) in [5.74, 6) is 0.0305. The Morgan fingerprint density at radius 2 is 1.92 bits per heavy atom. The highest BCUT2D eigenvalue weighted by atomic mass is 32.1. The van der Waals surface area contributed by atoms with Gasteiger partial charge in [-0.25, -0.2) is 0 Å². The molecule has 0 spiro atoms. The number of nitrogens with one attached hydrogen (secondary N) is 1. The van der Waals surface area contributed by atoms with Crippen LogP contribution in [0.15, 0.2) is 30.3 Å². The minimum absolute atomic E-state index is 0.0142. The molecule has 2 amide bonds. The number of carbonyl (C=O) groups excluding carboxylic acids is 2. The quantitative estimate of drug-likeness (QED) is 0.856. The van der Waals surface area contributed by atoms with Gasteiger partial charge < -0.3 is 10.2 Å². The van der Waals surface area contributed by atoms with Gasteiger partial charge in [0.2, 0.25) is 0 Å². The number of rotatable bonds is 6. The molecule has 1 heterocycles. The van der Waals surface area contributed by atoms with Crippen molar-refractivity contribution in [2.45, 2.75) is 45.7 Å². The lowest BCUT2D eigenvalue weighted by molar-refractivity contribution is 0.0789. The van der Waals surface area contributed by atoms with Crippen LogP contribution in [0.25, 0.3) is 0 Å². The summed E-state index contributed by atoms with van der Waals surface area (Å²) in [6.07, 6.45) is 3.12. The normalized spacial score (nSPS) is 13.6. The van der Waals surface area contributed by atoms with Gasteiger partial charge in [0, 0.05) is 30.1 Å². The highest BCUT2D eigenvalue weighted by molar-refractivity contribution is 7.14. The molecule has 1 aromatic carbocycles. The van der Waals surface area contributed by atoms with Crippen LogP contribution in [0, 0.1) is 6.92 Å². The molecule has 3 rings (SSSR count). The van der Waals surface area contributed by atoms with E-state index in [2.05, 4.69) is 19.2 Å². The van der Waals surface area contributed by atoms with E-state index < -0.39 is 0 Å². The lowest BCUT2D eigenvalue weighted by atomic mass is 10.1. The fourth-order valence-corrected chi connectivity index (χ4v) is 3.88. The molecule has 4 nitrogen and oxygen atoms in total. The zero-order valence-corrected chi connectivity index (χ0v) is 15.8. The lowest BCUT2D eigenvalue weighted by Gasteiger charge is -2.16. The molecular formula is C20H24N2O2S. The maximum atomic E-state index is 12.6. The first-order valence-electron chi connectivity index (χ1n) is 8.72. The van der Waals surface area contributed by atoms with Gasteiger partial charge in [0.1, 0.15) is 0 Å². The van der Waals surface area contributed by atoms with Crippen LogP contribution in [-0.4, -0.2) is 29.8 Å². The first-order valence-corrected chi connectivity index (χ1v) is 9.54. The zero-order valence-electron chi connectivity index (χ0n) is 15.0. The fraction of sp³-hybridized carbons (Fsp3) is 0.400. The molecule has 1 fully saturated rings. The second kappa shape index (κ2) is 7.40. The number of nitrogens with zero attached hydrogens (tertiary/aromatic N) is 1. The number of aryl methyl sites for hydroxylation is 2. The van der Waals surface area contributed by atoms with Gasteiger partial charge in [-0.3, -0.25) is 9.59 Å². The van der Waals surface area contributed by atoms with Crippen LogP contribution < -0.4 is 5.32 Å². The number of benzene rings is 1. The van der Waals surface area contributed by atoms with Crippen molar-refractivity contribution in [1.82, 2.24) is 10.2 Å². The molecule has 2 aromatic rings. The Bertz CT molecular complexity index is 775. The van der Waals surface area contributed by atoms with E-state index in [1.54, 1.807) is 16.2 Å². The minimum Gasteiger partial charge on any atom is -0.349 e. The second-order valence-corrected chi connectivity index (χ2v) is 7.81. The predicted molar refractivity (Wildman–Crippen MR) is 101 cm³/mol. The topological polar surface area (TPSA) is 49.4 Å². The molecule has 25 heavy (non-hydrogen) atoms. The van der Waals surface area contributed by atoms with Crippen LogP contribution in [0.5, 0.6) is 0 Å². The Labute approximate surface area is 152 Å². The first kappa shape index (κ1) is 17.7. The van der Waals surface area contributed by atoms with E-state index in [-0.39, 0.29) is 11.8 Å². The average Bonchev–Trinajstić information content (AvgIpc) is 3.34. The summed E-state index contributed by atoms with van der Waals surface area (Å²) in [6, 6.07) is 9.84. The maximum absolute atomic E-state index is 12.6. The molecule has 1 aliphatic carbocycles. The Morgan fingerprint density at radius 3 is 2.48 bits per heavy atom. The highest BCUT2D eigenvalue weighted by Gasteiger charge is 2.23. The fourth-order valence-electron chi connectivity index (χ4n) is 2.77. The Kier molecular flexibility index (Phi) is 5.23. The van der Waals surface area contributed by atoms with Crippen molar-refractivity contribution in [2.24, 2.45) is 0 Å². The monoisotopic (exact) mass is 356 g/mol. The molecule has 0 radical (unpaired) electrons. The molecule has 1 aliphatic rings. The molecule has 0 aliphatic heterocycles. The van der Waals surface area contributed by atoms with Crippen LogP contribution in [0.1, 0.15) is 55.8 Å². The van der Waals surface area contributed by atoms with Crippen molar-refractivity contribution in [2.75, 3.05) is 7.05 Å². The number of amides is 2. The second-order valence-electron chi connectivity index (χ2n) is 6.68. The summed E-state index contributed by atoms with van der Waals surface area (Å²) in [7, 11) is 1.82. The van der Waals surface area contributed by atoms with E-state index >= 15 is 0 Å². The number of hydrogen-bond acceptors (Lipinski definition) is 3. The van der Waals surface area contributed by atoms with Crippen LogP contribution in [-0.2, 0) is 13.0 Å². The predicted octanol–water partition coefficient (Wildman–Crippen LogP) is 3.78. The van der Waals surface area contributed by atoms with Crippen molar-refractivity contribution in [3.8, 4) is 0 Å². The van der Waals surface area contributed by atoms with Gasteiger partial charge >= 0.3 is 0 Å². The largest absolute Gasteiger partial charge is 0.349 e. The number of thiophene rings is 1. The van der Waals surface area contributed by atoms with Gasteiger partial charge in [0.05, 0.1) is 4.88 Å². The Morgan fingerprint density at radius 1 is 1.24 bits per heavy atom. The van der Waals surface area contributed by atoms with Gasteiger partial charge in [0.25, 0.3) is 11.8 Å². The van der Waals surface area contributed by atoms with Gasteiger partial charge in [0.15, 0.2) is 0 Å². The van der Waals surface area contributed by atoms with Gasteiger partial charge in [-0.2, -0.15) is 0 Å². The molecule has 0 saturated heterocycles. The molecule has 1 aromatic heterocycles. The average molecular weight is 356 g/mol. The first-order chi connectivity index (χ1) is 12.0. The van der Waals surface area contributed by atoms with Crippen molar-refractivity contribution in [3.05, 3.63) is 56.8 Å². The van der Waals surface area contributed by atoms with E-state index in [0.717, 1.165) is 29.7 Å². The minimum atomic E-state index is -0.0142. The van der Waals surface area contributed by atoms with Gasteiger partial charge in [-0.15, -0.1) is 11.3 Å². The molecule has 0 bridgehead atoms. The summed E-state index contributed by atoms with van der Waals surface area (Å²) in [6.45, 7) is 4.69. The van der Waals surface area contributed by atoms with Crippen LogP contribution in [0.2, 0.25) is 0 Å². The summed E-state index contributed by atoms with van der Waals surface area (Å²) < 4.78 is 0. The van der Waals surface area contributed by atoms with E-state index in [0.29, 0.717) is 18.2 Å². The maximum Gasteiger partial charge on any atom is 0.263 e. The summed E-state index contributed by atoms with van der Waals surface area (Å²) >= 11 is 1.58. The van der Waals surface area contributed by atoms with Crippen LogP contribution in [0.3, 0.4) is 0 Å². The lowest BCUT2D eigenvalue weighted by Crippen LogP contribution is -2.26. The van der Waals surface area contributed by atoms with Crippen molar-refractivity contribution >= 4 is 23.2 Å². The molecule has 0 atom stereocenters. The SMILES string of the molecule is CCc1sc(C(=O)N(C)Cc2ccc(C(=O)NC3CC3)cc2)cc1C. The van der Waals surface area contributed by atoms with E-state index in [9.17, 15) is 9.59 Å². The van der Waals surface area contributed by atoms with Crippen molar-refractivity contribution in [3.63, 3.8) is 0 Å². The third-order valence-electron chi connectivity index (χ3n) is 4.45. The van der Waals surface area contributed by atoms with E-state index in [1.165, 1.54) is 10.4 Å². The van der Waals surface area contributed by atoms with E-state index in [4.69, 9.17) is 0 Å². The zero-order chi connectivity index (χ0) is 18.0. The summed E-state index contributed by atoms with van der Waals surface area (Å²) in [5, 5.41) is 2.98. The van der Waals surface area contributed by atoms with Crippen LogP contribution >= 0.6 is 11.3 Å². The summed E-state index contributed by atoms with van der Waals surface area (Å²) in [4.78, 5) is 28.4. The Balaban J connectivity index is 1.62. The van der Waals surface area contributed by atoms with Crippen LogP contribution in [0.4, 0.5) is 0 Å². The standard InChI is InChI=1S/C20H24N2O2S/c1-4-17-13(2)11-18(25-17)20(24)22(3)12-14-5-7-15(8-6-14)19(23)21-16-9-10-16/h5-8,11,16H,4,9-10,12H2,1-3H3,(H,21,23). The molecule has 1 saturated carbocycles. The van der Waals surface area contributed by atoms with Crippen molar-refractivity contribution < 1.29 is 9.59 Å². The third kappa shape index (κ3) is 4.28. The molecule has 132 valence electrons. The Hall–Kier alpha value is -2.14. The number of carbonyl (C=O) groups is 2. The van der Waals surface area contributed by atoms with Gasteiger partial charge in [-0.1, -0.05) is 19.1 Å². The molecule has 0 unspecified atom stereocenters. The van der Waals surface area contributed by atoms with Crippen molar-refractivity contribution in [1.29, 1.82) is 0 Å². The van der Waals surface area contributed by atoms with E-state index in [1.807, 2.05) is 37.4 Å². The third-order valence-corrected chi connectivity index (χ3v) is 5.82. The molecule has 5 heteroatoms. The highest BCUT2D eigenvalue weighted by Crippen LogP contribution is 2.24. The molecule has 1 N–H and O–H groups in total. The smallest absolute Gasteiger partial charge is 0.263 e. The summed E-state index contributed by atoms with van der Waals surface area (Å²) in [5.41, 5.74) is 2.88.